The Balaban J connectivity index is 2.43. The molecule has 0 fully saturated rings. The first kappa shape index (κ1) is 14.1. The van der Waals surface area contributed by atoms with E-state index in [2.05, 4.69) is 0 Å². The molecule has 2 rings (SSSR count). The molecule has 3 N–H and O–H groups in total. The molecule has 1 aromatic heterocycles. The van der Waals surface area contributed by atoms with E-state index in [9.17, 15) is 13.9 Å². The predicted molar refractivity (Wildman–Crippen MR) is 72.2 cm³/mol. The molecule has 0 spiro atoms. The summed E-state index contributed by atoms with van der Waals surface area (Å²) in [6.45, 7) is 1.65. The van der Waals surface area contributed by atoms with Crippen LogP contribution in [0.3, 0.4) is 0 Å². The van der Waals surface area contributed by atoms with Crippen LogP contribution in [0.1, 0.15) is 28.0 Å². The lowest BCUT2D eigenvalue weighted by Crippen LogP contribution is -2.21. The first-order chi connectivity index (χ1) is 9.06. The van der Waals surface area contributed by atoms with Crippen LogP contribution in [0.15, 0.2) is 29.6 Å². The number of hydrogen-bond acceptors (Lipinski definition) is 3. The molecule has 2 nitrogen and oxygen atoms in total. The summed E-state index contributed by atoms with van der Waals surface area (Å²) < 4.78 is 27.8. The highest BCUT2D eigenvalue weighted by Gasteiger charge is 2.28. The Morgan fingerprint density at radius 3 is 2.63 bits per heavy atom. The fraction of sp³-hybridized carbons (Fsp3) is 0.286. The Labute approximate surface area is 114 Å². The molecular formula is C14H15F2NOS. The smallest absolute Gasteiger partial charge is 0.134 e. The lowest BCUT2D eigenvalue weighted by molar-refractivity contribution is 0.139. The van der Waals surface area contributed by atoms with Crippen LogP contribution >= 0.6 is 11.3 Å². The van der Waals surface area contributed by atoms with Crippen molar-refractivity contribution in [3.63, 3.8) is 0 Å². The molecule has 0 amide bonds. The molecule has 0 aliphatic carbocycles. The second-order valence-electron chi connectivity index (χ2n) is 4.39. The number of rotatable bonds is 4. The molecule has 0 saturated carbocycles. The van der Waals surface area contributed by atoms with Crippen LogP contribution < -0.4 is 5.73 Å². The van der Waals surface area contributed by atoms with Gasteiger partial charge in [-0.3, -0.25) is 0 Å². The van der Waals surface area contributed by atoms with Gasteiger partial charge in [0.1, 0.15) is 11.6 Å². The third kappa shape index (κ3) is 2.68. The van der Waals surface area contributed by atoms with Gasteiger partial charge >= 0.3 is 0 Å². The van der Waals surface area contributed by atoms with Crippen LogP contribution in [0.25, 0.3) is 0 Å². The zero-order valence-electron chi connectivity index (χ0n) is 10.4. The normalized spacial score (nSPS) is 14.4. The van der Waals surface area contributed by atoms with Gasteiger partial charge < -0.3 is 10.8 Å². The van der Waals surface area contributed by atoms with E-state index in [4.69, 9.17) is 5.73 Å². The fourth-order valence-electron chi connectivity index (χ4n) is 2.05. The molecule has 2 aromatic rings. The molecule has 0 radical (unpaired) electrons. The van der Waals surface area contributed by atoms with Crippen LogP contribution in [-0.4, -0.2) is 11.7 Å². The Morgan fingerprint density at radius 2 is 2.05 bits per heavy atom. The van der Waals surface area contributed by atoms with Crippen molar-refractivity contribution in [2.45, 2.75) is 18.9 Å². The molecule has 0 saturated heterocycles. The molecule has 0 bridgehead atoms. The predicted octanol–water partition coefficient (Wildman–Crippen LogP) is 3.11. The van der Waals surface area contributed by atoms with E-state index in [0.29, 0.717) is 5.56 Å². The molecule has 2 unspecified atom stereocenters. The van der Waals surface area contributed by atoms with Gasteiger partial charge in [-0.2, -0.15) is 0 Å². The van der Waals surface area contributed by atoms with Gasteiger partial charge in [-0.05, 0) is 30.0 Å². The second-order valence-corrected chi connectivity index (χ2v) is 5.37. The number of benzene rings is 1. The summed E-state index contributed by atoms with van der Waals surface area (Å²) in [6.07, 6.45) is -1.29. The number of hydrogen-bond donors (Lipinski definition) is 2. The van der Waals surface area contributed by atoms with E-state index in [1.54, 1.807) is 6.07 Å². The summed E-state index contributed by atoms with van der Waals surface area (Å²) in [5, 5.41) is 12.1. The van der Waals surface area contributed by atoms with Gasteiger partial charge in [0.2, 0.25) is 0 Å². The number of aryl methyl sites for hydroxylation is 1. The van der Waals surface area contributed by atoms with Crippen molar-refractivity contribution >= 4 is 11.3 Å². The molecular weight excluding hydrogens is 268 g/mol. The highest BCUT2D eigenvalue weighted by molar-refractivity contribution is 7.10. The number of aliphatic hydroxyl groups is 1. The van der Waals surface area contributed by atoms with Crippen LogP contribution in [-0.2, 0) is 0 Å². The summed E-state index contributed by atoms with van der Waals surface area (Å²) in [6, 6.07) is 6.14. The Hall–Kier alpha value is -1.30. The van der Waals surface area contributed by atoms with Gasteiger partial charge in [-0.1, -0.05) is 12.1 Å². The lowest BCUT2D eigenvalue weighted by Gasteiger charge is -2.22. The monoisotopic (exact) mass is 283 g/mol. The van der Waals surface area contributed by atoms with E-state index in [1.165, 1.54) is 30.4 Å². The van der Waals surface area contributed by atoms with Gasteiger partial charge in [0.15, 0.2) is 0 Å². The third-order valence-electron chi connectivity index (χ3n) is 3.16. The zero-order valence-corrected chi connectivity index (χ0v) is 11.3. The van der Waals surface area contributed by atoms with Crippen molar-refractivity contribution in [1.29, 1.82) is 0 Å². The third-order valence-corrected chi connectivity index (χ3v) is 4.16. The van der Waals surface area contributed by atoms with Crippen molar-refractivity contribution in [3.05, 3.63) is 57.3 Å². The van der Waals surface area contributed by atoms with E-state index < -0.39 is 23.7 Å². The minimum Gasteiger partial charge on any atom is -0.387 e. The van der Waals surface area contributed by atoms with E-state index in [1.807, 2.05) is 11.4 Å². The highest BCUT2D eigenvalue weighted by Crippen LogP contribution is 2.35. The van der Waals surface area contributed by atoms with Gasteiger partial charge in [0.25, 0.3) is 0 Å². The van der Waals surface area contributed by atoms with Gasteiger partial charge in [0, 0.05) is 17.3 Å². The second kappa shape index (κ2) is 5.77. The number of aliphatic hydroxyl groups excluding tert-OH is 1. The number of halogens is 2. The zero-order chi connectivity index (χ0) is 14.0. The van der Waals surface area contributed by atoms with E-state index >= 15 is 0 Å². The SMILES string of the molecule is Cc1ccc(F)c(C(O)C(CN)c2cccs2)c1F. The highest BCUT2D eigenvalue weighted by atomic mass is 32.1. The molecule has 19 heavy (non-hydrogen) atoms. The van der Waals surface area contributed by atoms with Crippen LogP contribution in [0.5, 0.6) is 0 Å². The summed E-state index contributed by atoms with van der Waals surface area (Å²) in [4.78, 5) is 0.815. The molecule has 5 heteroatoms. The number of thiophene rings is 1. The standard InChI is InChI=1S/C14H15F2NOS/c1-8-4-5-10(15)12(13(8)16)14(18)9(7-17)11-3-2-6-19-11/h2-6,9,14,18H,7,17H2,1H3. The maximum Gasteiger partial charge on any atom is 0.134 e. The fourth-order valence-corrected chi connectivity index (χ4v) is 2.92. The topological polar surface area (TPSA) is 46.2 Å². The Bertz CT molecular complexity index is 557. The Kier molecular flexibility index (Phi) is 4.29. The first-order valence-corrected chi connectivity index (χ1v) is 6.80. The molecule has 0 aliphatic heterocycles. The summed E-state index contributed by atoms with van der Waals surface area (Å²) in [5.41, 5.74) is 5.64. The van der Waals surface area contributed by atoms with Crippen LogP contribution in [0.4, 0.5) is 8.78 Å². The molecule has 2 atom stereocenters. The largest absolute Gasteiger partial charge is 0.387 e. The lowest BCUT2D eigenvalue weighted by atomic mass is 9.92. The quantitative estimate of drug-likeness (QED) is 0.905. The average Bonchev–Trinajstić information content (AvgIpc) is 2.89. The average molecular weight is 283 g/mol. The minimum atomic E-state index is -1.29. The van der Waals surface area contributed by atoms with Crippen molar-refractivity contribution in [3.8, 4) is 0 Å². The van der Waals surface area contributed by atoms with Crippen molar-refractivity contribution < 1.29 is 13.9 Å². The van der Waals surface area contributed by atoms with E-state index in [-0.39, 0.29) is 12.1 Å². The van der Waals surface area contributed by atoms with Crippen LogP contribution in [0, 0.1) is 18.6 Å². The van der Waals surface area contributed by atoms with Crippen molar-refractivity contribution in [1.82, 2.24) is 0 Å². The Morgan fingerprint density at radius 1 is 1.32 bits per heavy atom. The summed E-state index contributed by atoms with van der Waals surface area (Å²) >= 11 is 1.41. The van der Waals surface area contributed by atoms with Gasteiger partial charge in [0.05, 0.1) is 11.7 Å². The summed E-state index contributed by atoms with van der Waals surface area (Å²) in [5.74, 6) is -1.96. The minimum absolute atomic E-state index is 0.120. The maximum atomic E-state index is 14.0. The molecule has 102 valence electrons. The van der Waals surface area contributed by atoms with E-state index in [0.717, 1.165) is 4.88 Å². The first-order valence-electron chi connectivity index (χ1n) is 5.92. The number of nitrogens with two attached hydrogens (primary N) is 1. The van der Waals surface area contributed by atoms with Gasteiger partial charge in [-0.25, -0.2) is 8.78 Å². The molecule has 1 aromatic carbocycles. The van der Waals surface area contributed by atoms with Crippen molar-refractivity contribution in [2.24, 2.45) is 5.73 Å². The maximum absolute atomic E-state index is 14.0. The van der Waals surface area contributed by atoms with Crippen LogP contribution in [0.2, 0.25) is 0 Å². The summed E-state index contributed by atoms with van der Waals surface area (Å²) in [7, 11) is 0. The van der Waals surface area contributed by atoms with Crippen molar-refractivity contribution in [2.75, 3.05) is 6.54 Å². The van der Waals surface area contributed by atoms with Gasteiger partial charge in [-0.15, -0.1) is 11.3 Å². The molecule has 0 aliphatic rings. The molecule has 1 heterocycles.